The molecule has 0 aliphatic carbocycles. The van der Waals surface area contributed by atoms with Gasteiger partial charge in [-0.1, -0.05) is 36.4 Å². The first-order valence-corrected chi connectivity index (χ1v) is 10.8. The van der Waals surface area contributed by atoms with E-state index in [9.17, 15) is 4.79 Å². The van der Waals surface area contributed by atoms with Gasteiger partial charge in [-0.15, -0.1) is 0 Å². The van der Waals surface area contributed by atoms with Gasteiger partial charge in [0.1, 0.15) is 5.75 Å². The number of ether oxygens (including phenoxy) is 1. The number of hydrogen-bond donors (Lipinski definition) is 1. The van der Waals surface area contributed by atoms with Crippen LogP contribution in [0.5, 0.6) is 5.75 Å². The monoisotopic (exact) mass is 405 g/mol. The van der Waals surface area contributed by atoms with Gasteiger partial charge in [-0.2, -0.15) is 0 Å². The maximum absolute atomic E-state index is 12.9. The van der Waals surface area contributed by atoms with E-state index in [1.165, 1.54) is 23.7 Å². The molecule has 1 N–H and O–H groups in total. The Balaban J connectivity index is 1.60. The number of amides is 1. The number of rotatable bonds is 8. The van der Waals surface area contributed by atoms with E-state index >= 15 is 0 Å². The average Bonchev–Trinajstić information content (AvgIpc) is 3.40. The van der Waals surface area contributed by atoms with Gasteiger partial charge >= 0.3 is 0 Å². The van der Waals surface area contributed by atoms with Gasteiger partial charge in [0.05, 0.1) is 7.11 Å². The molecule has 1 aromatic heterocycles. The number of benzene rings is 2. The van der Waals surface area contributed by atoms with E-state index in [0.717, 1.165) is 36.5 Å². The maximum Gasteiger partial charge on any atom is 0.220 e. The lowest BCUT2D eigenvalue weighted by Gasteiger charge is -2.20. The molecular formula is C25H31N3O2. The van der Waals surface area contributed by atoms with Crippen molar-refractivity contribution in [2.75, 3.05) is 33.3 Å². The van der Waals surface area contributed by atoms with E-state index in [-0.39, 0.29) is 11.8 Å². The summed E-state index contributed by atoms with van der Waals surface area (Å²) in [6.45, 7) is 3.93. The molecule has 3 aromatic rings. The second kappa shape index (κ2) is 9.35. The van der Waals surface area contributed by atoms with Gasteiger partial charge in [-0.25, -0.2) is 0 Å². The molecule has 2 aromatic carbocycles. The van der Waals surface area contributed by atoms with Crippen LogP contribution in [0.4, 0.5) is 0 Å². The topological polar surface area (TPSA) is 46.5 Å². The van der Waals surface area contributed by atoms with Gasteiger partial charge in [0.15, 0.2) is 0 Å². The van der Waals surface area contributed by atoms with Gasteiger partial charge in [0.2, 0.25) is 5.91 Å². The van der Waals surface area contributed by atoms with Crippen molar-refractivity contribution in [2.45, 2.75) is 25.2 Å². The number of nitrogens with one attached hydrogen (secondary N) is 1. The van der Waals surface area contributed by atoms with Crippen molar-refractivity contribution >= 4 is 16.8 Å². The van der Waals surface area contributed by atoms with Gasteiger partial charge < -0.3 is 19.5 Å². The van der Waals surface area contributed by atoms with Gasteiger partial charge in [-0.05, 0) is 43.6 Å². The molecule has 0 bridgehead atoms. The average molecular weight is 406 g/mol. The second-order valence-electron chi connectivity index (χ2n) is 8.11. The largest absolute Gasteiger partial charge is 0.496 e. The Labute approximate surface area is 178 Å². The standard InChI is InChI=1S/C25H31N3O2/c1-27-18-22(19-9-3-5-11-23(19)27)21(20-10-4-6-12-24(20)30-2)17-25(29)26-13-16-28-14-7-8-15-28/h3-6,9-12,18,21H,7-8,13-17H2,1-2H3,(H,26,29)/t21-/m0/s1. The van der Waals surface area contributed by atoms with E-state index in [1.54, 1.807) is 7.11 Å². The molecule has 5 nitrogen and oxygen atoms in total. The first kappa shape index (κ1) is 20.5. The van der Waals surface area contributed by atoms with Gasteiger partial charge in [0, 0.05) is 55.1 Å². The Hall–Kier alpha value is -2.79. The molecule has 158 valence electrons. The Bertz CT molecular complexity index is 1000. The number of aryl methyl sites for hydroxylation is 1. The highest BCUT2D eigenvalue weighted by Crippen LogP contribution is 2.38. The zero-order valence-corrected chi connectivity index (χ0v) is 17.9. The summed E-state index contributed by atoms with van der Waals surface area (Å²) in [4.78, 5) is 15.4. The predicted molar refractivity (Wildman–Crippen MR) is 121 cm³/mol. The van der Waals surface area contributed by atoms with Crippen LogP contribution in [0.1, 0.15) is 36.3 Å². The van der Waals surface area contributed by atoms with E-state index in [1.807, 2.05) is 18.2 Å². The molecule has 2 heterocycles. The fraction of sp³-hybridized carbons (Fsp3) is 0.400. The lowest BCUT2D eigenvalue weighted by molar-refractivity contribution is -0.121. The van der Waals surface area contributed by atoms with Crippen LogP contribution in [0.3, 0.4) is 0 Å². The summed E-state index contributed by atoms with van der Waals surface area (Å²) >= 11 is 0. The molecular weight excluding hydrogens is 374 g/mol. The van der Waals surface area contributed by atoms with E-state index in [2.05, 4.69) is 58.4 Å². The normalized spacial score (nSPS) is 15.4. The minimum absolute atomic E-state index is 0.0703. The summed E-state index contributed by atoms with van der Waals surface area (Å²) < 4.78 is 7.79. The molecule has 0 spiro atoms. The molecule has 5 heteroatoms. The number of fused-ring (bicyclic) bond motifs is 1. The quantitative estimate of drug-likeness (QED) is 0.618. The third kappa shape index (κ3) is 4.36. The number of carbonyl (C=O) groups excluding carboxylic acids is 1. The van der Waals surface area contributed by atoms with E-state index < -0.39 is 0 Å². The summed E-state index contributed by atoms with van der Waals surface area (Å²) in [6.07, 6.45) is 5.09. The molecule has 4 rings (SSSR count). The third-order valence-corrected chi connectivity index (χ3v) is 6.16. The maximum atomic E-state index is 12.9. The van der Waals surface area contributed by atoms with Crippen LogP contribution in [0.2, 0.25) is 0 Å². The fourth-order valence-corrected chi connectivity index (χ4v) is 4.61. The number of methoxy groups -OCH3 is 1. The molecule has 1 aliphatic rings. The van der Waals surface area contributed by atoms with Gasteiger partial charge in [0.25, 0.3) is 0 Å². The predicted octanol–water partition coefficient (Wildman–Crippen LogP) is 3.92. The second-order valence-corrected chi connectivity index (χ2v) is 8.11. The van der Waals surface area contributed by atoms with Crippen molar-refractivity contribution in [3.63, 3.8) is 0 Å². The lowest BCUT2D eigenvalue weighted by Crippen LogP contribution is -2.34. The Morgan fingerprint density at radius 2 is 1.80 bits per heavy atom. The minimum Gasteiger partial charge on any atom is -0.496 e. The van der Waals surface area contributed by atoms with Crippen molar-refractivity contribution in [2.24, 2.45) is 7.05 Å². The molecule has 0 unspecified atom stereocenters. The van der Waals surface area contributed by atoms with Crippen molar-refractivity contribution < 1.29 is 9.53 Å². The SMILES string of the molecule is COc1ccccc1[C@H](CC(=O)NCCN1CCCC1)c1cn(C)c2ccccc12. The van der Waals surface area contributed by atoms with Crippen molar-refractivity contribution in [3.05, 3.63) is 65.9 Å². The number of nitrogens with zero attached hydrogens (tertiary/aromatic N) is 2. The highest BCUT2D eigenvalue weighted by atomic mass is 16.5. The Kier molecular flexibility index (Phi) is 6.38. The first-order chi connectivity index (χ1) is 14.7. The van der Waals surface area contributed by atoms with Crippen LogP contribution in [0, 0.1) is 0 Å². The molecule has 1 amide bonds. The molecule has 0 saturated carbocycles. The number of hydrogen-bond acceptors (Lipinski definition) is 3. The van der Waals surface area contributed by atoms with Crippen molar-refractivity contribution in [3.8, 4) is 5.75 Å². The van der Waals surface area contributed by atoms with Crippen LogP contribution in [-0.4, -0.2) is 48.7 Å². The molecule has 1 aliphatic heterocycles. The smallest absolute Gasteiger partial charge is 0.220 e. The minimum atomic E-state index is -0.0703. The molecule has 1 fully saturated rings. The van der Waals surface area contributed by atoms with Crippen LogP contribution in [0.15, 0.2) is 54.7 Å². The fourth-order valence-electron chi connectivity index (χ4n) is 4.61. The summed E-state index contributed by atoms with van der Waals surface area (Å²) in [5, 5.41) is 4.32. The first-order valence-electron chi connectivity index (χ1n) is 10.8. The van der Waals surface area contributed by atoms with Crippen LogP contribution in [-0.2, 0) is 11.8 Å². The highest BCUT2D eigenvalue weighted by molar-refractivity contribution is 5.86. The van der Waals surface area contributed by atoms with E-state index in [0.29, 0.717) is 13.0 Å². The zero-order valence-electron chi connectivity index (χ0n) is 17.9. The van der Waals surface area contributed by atoms with E-state index in [4.69, 9.17) is 4.74 Å². The Morgan fingerprint density at radius 1 is 1.07 bits per heavy atom. The number of aromatic nitrogens is 1. The molecule has 1 atom stereocenters. The summed E-state index contributed by atoms with van der Waals surface area (Å²) in [5.74, 6) is 0.831. The van der Waals surface area contributed by atoms with Gasteiger partial charge in [-0.3, -0.25) is 4.79 Å². The van der Waals surface area contributed by atoms with Crippen molar-refractivity contribution in [1.82, 2.24) is 14.8 Å². The molecule has 30 heavy (non-hydrogen) atoms. The highest BCUT2D eigenvalue weighted by Gasteiger charge is 2.25. The summed E-state index contributed by atoms with van der Waals surface area (Å²) in [7, 11) is 3.75. The third-order valence-electron chi connectivity index (χ3n) is 6.16. The number of carbonyl (C=O) groups is 1. The Morgan fingerprint density at radius 3 is 2.60 bits per heavy atom. The molecule has 0 radical (unpaired) electrons. The number of likely N-dealkylation sites (tertiary alicyclic amines) is 1. The summed E-state index contributed by atoms with van der Waals surface area (Å²) in [6, 6.07) is 16.4. The summed E-state index contributed by atoms with van der Waals surface area (Å²) in [5.41, 5.74) is 3.38. The van der Waals surface area contributed by atoms with Crippen LogP contribution < -0.4 is 10.1 Å². The molecule has 1 saturated heterocycles. The van der Waals surface area contributed by atoms with Crippen LogP contribution in [0.25, 0.3) is 10.9 Å². The lowest BCUT2D eigenvalue weighted by atomic mass is 9.87. The van der Waals surface area contributed by atoms with Crippen molar-refractivity contribution in [1.29, 1.82) is 0 Å². The van der Waals surface area contributed by atoms with Crippen LogP contribution >= 0.6 is 0 Å². The number of para-hydroxylation sites is 2. The zero-order chi connectivity index (χ0) is 20.9.